The molecule has 1 atom stereocenters. The van der Waals surface area contributed by atoms with Gasteiger partial charge in [0, 0.05) is 25.0 Å². The minimum absolute atomic E-state index is 0.580. The van der Waals surface area contributed by atoms with Crippen LogP contribution in [0.2, 0.25) is 0 Å². The van der Waals surface area contributed by atoms with Gasteiger partial charge in [0.2, 0.25) is 0 Å². The van der Waals surface area contributed by atoms with Gasteiger partial charge in [-0.15, -0.1) is 0 Å². The molecule has 3 heteroatoms. The third-order valence-electron chi connectivity index (χ3n) is 4.00. The molecule has 2 aromatic rings. The number of thiophene rings is 1. The molecule has 1 aliphatic rings. The van der Waals surface area contributed by atoms with Gasteiger partial charge in [0.05, 0.1) is 0 Å². The zero-order chi connectivity index (χ0) is 13.1. The smallest absolute Gasteiger partial charge is 0.0338 e. The lowest BCUT2D eigenvalue weighted by Gasteiger charge is -2.22. The fourth-order valence-corrected chi connectivity index (χ4v) is 3.73. The molecular formula is C16H22N2S. The Kier molecular flexibility index (Phi) is 4.04. The Morgan fingerprint density at radius 3 is 3.16 bits per heavy atom. The van der Waals surface area contributed by atoms with Gasteiger partial charge < -0.3 is 9.88 Å². The van der Waals surface area contributed by atoms with E-state index in [1.54, 1.807) is 22.5 Å². The molecule has 0 aliphatic heterocycles. The van der Waals surface area contributed by atoms with Crippen LogP contribution in [0.3, 0.4) is 0 Å². The number of hydrogen-bond donors (Lipinski definition) is 1. The fraction of sp³-hybridized carbons (Fsp3) is 0.500. The van der Waals surface area contributed by atoms with Gasteiger partial charge in [0.1, 0.15) is 0 Å². The Morgan fingerprint density at radius 2 is 2.37 bits per heavy atom. The lowest BCUT2D eigenvalue weighted by atomic mass is 9.91. The van der Waals surface area contributed by atoms with Crippen molar-refractivity contribution in [3.63, 3.8) is 0 Å². The molecule has 1 N–H and O–H groups in total. The van der Waals surface area contributed by atoms with Gasteiger partial charge in [-0.25, -0.2) is 0 Å². The zero-order valence-electron chi connectivity index (χ0n) is 11.6. The quantitative estimate of drug-likeness (QED) is 0.878. The number of rotatable bonds is 5. The van der Waals surface area contributed by atoms with E-state index >= 15 is 0 Å². The van der Waals surface area contributed by atoms with Crippen molar-refractivity contribution in [2.24, 2.45) is 0 Å². The number of fused-ring (bicyclic) bond motifs is 1. The van der Waals surface area contributed by atoms with E-state index in [0.29, 0.717) is 6.04 Å². The number of aromatic nitrogens is 1. The normalized spacial score (nSPS) is 18.5. The monoisotopic (exact) mass is 274 g/mol. The molecule has 0 radical (unpaired) electrons. The third-order valence-corrected chi connectivity index (χ3v) is 4.73. The Balaban J connectivity index is 1.70. The summed E-state index contributed by atoms with van der Waals surface area (Å²) in [6.45, 7) is 4.36. The predicted octanol–water partition coefficient (Wildman–Crippen LogP) is 3.78. The average Bonchev–Trinajstić information content (AvgIpc) is 3.06. The Bertz CT molecular complexity index is 513. The number of hydrogen-bond acceptors (Lipinski definition) is 2. The zero-order valence-corrected chi connectivity index (χ0v) is 12.4. The first kappa shape index (κ1) is 12.9. The standard InChI is InChI=1S/C16H22N2S/c1-2-17-16-5-3-4-14-10-18(11-15(14)16)8-6-13-7-9-19-12-13/h7,9-12,16-17H,2-6,8H2,1H3. The maximum absolute atomic E-state index is 3.61. The van der Waals surface area contributed by atoms with Crippen molar-refractivity contribution in [1.29, 1.82) is 0 Å². The van der Waals surface area contributed by atoms with Gasteiger partial charge in [0.15, 0.2) is 0 Å². The number of nitrogens with zero attached hydrogens (tertiary/aromatic N) is 1. The van der Waals surface area contributed by atoms with Crippen molar-refractivity contribution in [1.82, 2.24) is 9.88 Å². The molecule has 3 rings (SSSR count). The van der Waals surface area contributed by atoms with Gasteiger partial charge in [-0.2, -0.15) is 11.3 Å². The number of nitrogens with one attached hydrogen (secondary N) is 1. The molecule has 19 heavy (non-hydrogen) atoms. The van der Waals surface area contributed by atoms with Crippen molar-refractivity contribution in [2.45, 2.75) is 45.2 Å². The molecule has 0 saturated heterocycles. The Hall–Kier alpha value is -1.06. The summed E-state index contributed by atoms with van der Waals surface area (Å²) in [6, 6.07) is 2.81. The summed E-state index contributed by atoms with van der Waals surface area (Å²) in [4.78, 5) is 0. The second-order valence-corrected chi connectivity index (χ2v) is 6.14. The van der Waals surface area contributed by atoms with E-state index in [0.717, 1.165) is 19.5 Å². The van der Waals surface area contributed by atoms with Crippen LogP contribution < -0.4 is 5.32 Å². The molecule has 1 unspecified atom stereocenters. The van der Waals surface area contributed by atoms with Gasteiger partial charge in [-0.3, -0.25) is 0 Å². The molecule has 0 aromatic carbocycles. The maximum Gasteiger partial charge on any atom is 0.0338 e. The van der Waals surface area contributed by atoms with Crippen LogP contribution in [0.4, 0.5) is 0 Å². The molecular weight excluding hydrogens is 252 g/mol. The largest absolute Gasteiger partial charge is 0.353 e. The second-order valence-electron chi connectivity index (χ2n) is 5.36. The van der Waals surface area contributed by atoms with Crippen LogP contribution in [-0.2, 0) is 19.4 Å². The third kappa shape index (κ3) is 2.93. The molecule has 0 spiro atoms. The van der Waals surface area contributed by atoms with Crippen LogP contribution in [0.25, 0.3) is 0 Å². The highest BCUT2D eigenvalue weighted by Gasteiger charge is 2.20. The Morgan fingerprint density at radius 1 is 1.42 bits per heavy atom. The van der Waals surface area contributed by atoms with E-state index in [4.69, 9.17) is 0 Å². The van der Waals surface area contributed by atoms with E-state index in [1.807, 2.05) is 0 Å². The molecule has 2 nitrogen and oxygen atoms in total. The first-order chi connectivity index (χ1) is 9.36. The van der Waals surface area contributed by atoms with Crippen molar-refractivity contribution in [3.8, 4) is 0 Å². The molecule has 0 fully saturated rings. The van der Waals surface area contributed by atoms with Crippen molar-refractivity contribution < 1.29 is 0 Å². The maximum atomic E-state index is 3.61. The van der Waals surface area contributed by atoms with Crippen molar-refractivity contribution >= 4 is 11.3 Å². The highest BCUT2D eigenvalue weighted by molar-refractivity contribution is 7.07. The Labute approximate surface area is 119 Å². The van der Waals surface area contributed by atoms with Crippen LogP contribution in [0.15, 0.2) is 29.2 Å². The highest BCUT2D eigenvalue weighted by Crippen LogP contribution is 2.30. The van der Waals surface area contributed by atoms with Gasteiger partial charge in [-0.05, 0) is 65.7 Å². The topological polar surface area (TPSA) is 17.0 Å². The summed E-state index contributed by atoms with van der Waals surface area (Å²) in [5.41, 5.74) is 4.56. The minimum atomic E-state index is 0.580. The molecule has 1 aliphatic carbocycles. The summed E-state index contributed by atoms with van der Waals surface area (Å²) >= 11 is 1.79. The number of aryl methyl sites for hydroxylation is 3. The lowest BCUT2D eigenvalue weighted by molar-refractivity contribution is 0.473. The first-order valence-corrected chi connectivity index (χ1v) is 8.24. The fourth-order valence-electron chi connectivity index (χ4n) is 3.03. The minimum Gasteiger partial charge on any atom is -0.353 e. The second kappa shape index (κ2) is 5.93. The average molecular weight is 274 g/mol. The van der Waals surface area contributed by atoms with E-state index in [9.17, 15) is 0 Å². The molecule has 0 saturated carbocycles. The van der Waals surface area contributed by atoms with Gasteiger partial charge in [0.25, 0.3) is 0 Å². The summed E-state index contributed by atoms with van der Waals surface area (Å²) < 4.78 is 2.39. The summed E-state index contributed by atoms with van der Waals surface area (Å²) in [7, 11) is 0. The van der Waals surface area contributed by atoms with E-state index in [1.165, 1.54) is 24.8 Å². The summed E-state index contributed by atoms with van der Waals surface area (Å²) in [5, 5.41) is 8.03. The molecule has 2 heterocycles. The van der Waals surface area contributed by atoms with Crippen molar-refractivity contribution in [2.75, 3.05) is 6.54 Å². The SMILES string of the molecule is CCNC1CCCc2cn(CCc3ccsc3)cc21. The van der Waals surface area contributed by atoms with Crippen LogP contribution in [0.5, 0.6) is 0 Å². The van der Waals surface area contributed by atoms with Crippen LogP contribution >= 0.6 is 11.3 Å². The van der Waals surface area contributed by atoms with E-state index < -0.39 is 0 Å². The predicted molar refractivity (Wildman–Crippen MR) is 81.8 cm³/mol. The molecule has 102 valence electrons. The summed E-state index contributed by atoms with van der Waals surface area (Å²) in [6.07, 6.45) is 9.74. The molecule has 0 bridgehead atoms. The van der Waals surface area contributed by atoms with Gasteiger partial charge in [-0.1, -0.05) is 6.92 Å². The van der Waals surface area contributed by atoms with Crippen LogP contribution in [0, 0.1) is 0 Å². The van der Waals surface area contributed by atoms with Crippen LogP contribution in [-0.4, -0.2) is 11.1 Å². The summed E-state index contributed by atoms with van der Waals surface area (Å²) in [5.74, 6) is 0. The van der Waals surface area contributed by atoms with E-state index in [-0.39, 0.29) is 0 Å². The van der Waals surface area contributed by atoms with Gasteiger partial charge >= 0.3 is 0 Å². The lowest BCUT2D eigenvalue weighted by Crippen LogP contribution is -2.23. The first-order valence-electron chi connectivity index (χ1n) is 7.30. The highest BCUT2D eigenvalue weighted by atomic mass is 32.1. The molecule has 0 amide bonds. The van der Waals surface area contributed by atoms with E-state index in [2.05, 4.69) is 46.0 Å². The van der Waals surface area contributed by atoms with Crippen LogP contribution in [0.1, 0.15) is 42.5 Å². The van der Waals surface area contributed by atoms with Crippen molar-refractivity contribution in [3.05, 3.63) is 45.9 Å². The molecule has 2 aromatic heterocycles.